The van der Waals surface area contributed by atoms with Gasteiger partial charge in [-0.15, -0.1) is 0 Å². The molecule has 1 aliphatic heterocycles. The SMILES string of the molecule is CC1CC(NS(=O)(=O)c2ccc(Br)cc2[N+](=O)[O-])CCN1. The van der Waals surface area contributed by atoms with E-state index in [1.54, 1.807) is 0 Å². The third kappa shape index (κ3) is 4.00. The van der Waals surface area contributed by atoms with E-state index in [0.717, 1.165) is 6.54 Å². The van der Waals surface area contributed by atoms with Crippen molar-refractivity contribution in [3.63, 3.8) is 0 Å². The fourth-order valence-electron chi connectivity index (χ4n) is 2.38. The molecule has 1 saturated heterocycles. The van der Waals surface area contributed by atoms with Crippen LogP contribution in [0.15, 0.2) is 27.6 Å². The Kier molecular flexibility index (Phi) is 4.97. The molecule has 9 heteroatoms. The lowest BCUT2D eigenvalue weighted by Crippen LogP contribution is -2.46. The Bertz CT molecular complexity index is 650. The maximum absolute atomic E-state index is 12.4. The first-order valence-corrected chi connectivity index (χ1v) is 8.77. The van der Waals surface area contributed by atoms with Crippen molar-refractivity contribution in [3.8, 4) is 0 Å². The van der Waals surface area contributed by atoms with Crippen LogP contribution in [0.3, 0.4) is 0 Å². The van der Waals surface area contributed by atoms with Gasteiger partial charge in [-0.05, 0) is 38.4 Å². The van der Waals surface area contributed by atoms with Crippen molar-refractivity contribution in [1.29, 1.82) is 0 Å². The first-order valence-electron chi connectivity index (χ1n) is 6.49. The van der Waals surface area contributed by atoms with Gasteiger partial charge in [0.2, 0.25) is 10.0 Å². The first kappa shape index (κ1) is 16.3. The van der Waals surface area contributed by atoms with Crippen LogP contribution in [-0.2, 0) is 10.0 Å². The molecular formula is C12H16BrN3O4S. The zero-order chi connectivity index (χ0) is 15.6. The van der Waals surface area contributed by atoms with Crippen molar-refractivity contribution in [2.24, 2.45) is 0 Å². The van der Waals surface area contributed by atoms with Crippen LogP contribution in [0.4, 0.5) is 5.69 Å². The molecule has 0 spiro atoms. The molecule has 1 fully saturated rings. The van der Waals surface area contributed by atoms with E-state index < -0.39 is 20.6 Å². The first-order chi connectivity index (χ1) is 9.79. The molecule has 1 aliphatic rings. The molecule has 0 saturated carbocycles. The third-order valence-electron chi connectivity index (χ3n) is 3.35. The molecule has 0 amide bonds. The van der Waals surface area contributed by atoms with E-state index in [9.17, 15) is 18.5 Å². The van der Waals surface area contributed by atoms with E-state index in [1.807, 2.05) is 6.92 Å². The molecule has 0 bridgehead atoms. The number of halogens is 1. The summed E-state index contributed by atoms with van der Waals surface area (Å²) >= 11 is 3.11. The second-order valence-electron chi connectivity index (χ2n) is 5.07. The normalized spacial score (nSPS) is 23.0. The van der Waals surface area contributed by atoms with E-state index in [1.165, 1.54) is 18.2 Å². The van der Waals surface area contributed by atoms with Gasteiger partial charge in [0.05, 0.1) is 4.92 Å². The molecule has 0 aliphatic carbocycles. The predicted molar refractivity (Wildman–Crippen MR) is 81.6 cm³/mol. The maximum Gasteiger partial charge on any atom is 0.290 e. The molecule has 2 atom stereocenters. The molecule has 2 rings (SSSR count). The van der Waals surface area contributed by atoms with Gasteiger partial charge >= 0.3 is 0 Å². The summed E-state index contributed by atoms with van der Waals surface area (Å²) in [6.07, 6.45) is 1.32. The predicted octanol–water partition coefficient (Wildman–Crippen LogP) is 1.78. The van der Waals surface area contributed by atoms with Gasteiger partial charge in [0.25, 0.3) is 5.69 Å². The molecule has 1 aromatic rings. The number of benzene rings is 1. The molecule has 116 valence electrons. The summed E-state index contributed by atoms with van der Waals surface area (Å²) in [6.45, 7) is 2.69. The second kappa shape index (κ2) is 6.39. The Labute approximate surface area is 131 Å². The number of nitro benzene ring substituents is 1. The number of nitrogens with one attached hydrogen (secondary N) is 2. The van der Waals surface area contributed by atoms with Crippen molar-refractivity contribution in [3.05, 3.63) is 32.8 Å². The Morgan fingerprint density at radius 3 is 2.81 bits per heavy atom. The number of hydrogen-bond donors (Lipinski definition) is 2. The van der Waals surface area contributed by atoms with Gasteiger partial charge in [-0.25, -0.2) is 13.1 Å². The van der Waals surface area contributed by atoms with Crippen LogP contribution >= 0.6 is 15.9 Å². The summed E-state index contributed by atoms with van der Waals surface area (Å²) in [4.78, 5) is 10.1. The second-order valence-corrected chi connectivity index (χ2v) is 7.66. The number of rotatable bonds is 4. The average Bonchev–Trinajstić information content (AvgIpc) is 2.37. The maximum atomic E-state index is 12.4. The fraction of sp³-hybridized carbons (Fsp3) is 0.500. The Balaban J connectivity index is 2.29. The van der Waals surface area contributed by atoms with Gasteiger partial charge in [-0.2, -0.15) is 0 Å². The number of sulfonamides is 1. The van der Waals surface area contributed by atoms with E-state index in [2.05, 4.69) is 26.0 Å². The molecule has 1 heterocycles. The lowest BCUT2D eigenvalue weighted by Gasteiger charge is -2.28. The van der Waals surface area contributed by atoms with Crippen molar-refractivity contribution in [1.82, 2.24) is 10.0 Å². The van der Waals surface area contributed by atoms with Gasteiger partial charge in [0, 0.05) is 22.6 Å². The van der Waals surface area contributed by atoms with Gasteiger partial charge in [0.15, 0.2) is 4.90 Å². The van der Waals surface area contributed by atoms with Crippen molar-refractivity contribution >= 4 is 31.6 Å². The van der Waals surface area contributed by atoms with E-state index in [4.69, 9.17) is 0 Å². The summed E-state index contributed by atoms with van der Waals surface area (Å²) in [5, 5.41) is 14.3. The quantitative estimate of drug-likeness (QED) is 0.614. The van der Waals surface area contributed by atoms with Crippen LogP contribution < -0.4 is 10.0 Å². The monoisotopic (exact) mass is 377 g/mol. The zero-order valence-electron chi connectivity index (χ0n) is 11.4. The molecule has 21 heavy (non-hydrogen) atoms. The molecule has 2 N–H and O–H groups in total. The average molecular weight is 378 g/mol. The standard InChI is InChI=1S/C12H16BrN3O4S/c1-8-6-10(4-5-14-8)15-21(19,20)12-3-2-9(13)7-11(12)16(17)18/h2-3,7-8,10,14-15H,4-6H2,1H3. The van der Waals surface area contributed by atoms with E-state index >= 15 is 0 Å². The highest BCUT2D eigenvalue weighted by atomic mass is 79.9. The molecular weight excluding hydrogens is 362 g/mol. The topological polar surface area (TPSA) is 101 Å². The zero-order valence-corrected chi connectivity index (χ0v) is 13.8. The molecule has 0 radical (unpaired) electrons. The third-order valence-corrected chi connectivity index (χ3v) is 5.41. The molecule has 1 aromatic carbocycles. The minimum absolute atomic E-state index is 0.213. The fourth-order valence-corrected chi connectivity index (χ4v) is 4.17. The van der Waals surface area contributed by atoms with Gasteiger partial charge in [0.1, 0.15) is 0 Å². The van der Waals surface area contributed by atoms with Crippen molar-refractivity contribution in [2.45, 2.75) is 36.7 Å². The summed E-state index contributed by atoms with van der Waals surface area (Å²) in [7, 11) is -3.92. The Morgan fingerprint density at radius 2 is 2.19 bits per heavy atom. The number of nitrogens with zero attached hydrogens (tertiary/aromatic N) is 1. The van der Waals surface area contributed by atoms with Crippen LogP contribution in [0.5, 0.6) is 0 Å². The van der Waals surface area contributed by atoms with Gasteiger partial charge < -0.3 is 5.32 Å². The highest BCUT2D eigenvalue weighted by Gasteiger charge is 2.29. The highest BCUT2D eigenvalue weighted by Crippen LogP contribution is 2.28. The minimum atomic E-state index is -3.92. The molecule has 7 nitrogen and oxygen atoms in total. The van der Waals surface area contributed by atoms with Crippen molar-refractivity contribution < 1.29 is 13.3 Å². The Morgan fingerprint density at radius 1 is 1.48 bits per heavy atom. The van der Waals surface area contributed by atoms with Crippen LogP contribution in [0.1, 0.15) is 19.8 Å². The number of piperidine rings is 1. The lowest BCUT2D eigenvalue weighted by atomic mass is 10.0. The minimum Gasteiger partial charge on any atom is -0.314 e. The summed E-state index contributed by atoms with van der Waals surface area (Å²) in [5.41, 5.74) is -0.432. The summed E-state index contributed by atoms with van der Waals surface area (Å²) in [6, 6.07) is 3.92. The number of hydrogen-bond acceptors (Lipinski definition) is 5. The molecule has 0 aromatic heterocycles. The van der Waals surface area contributed by atoms with Gasteiger partial charge in [-0.3, -0.25) is 10.1 Å². The van der Waals surface area contributed by atoms with Crippen LogP contribution in [0.2, 0.25) is 0 Å². The lowest BCUT2D eigenvalue weighted by molar-refractivity contribution is -0.387. The Hall–Kier alpha value is -1.03. The smallest absolute Gasteiger partial charge is 0.290 e. The molecule has 2 unspecified atom stereocenters. The summed E-state index contributed by atoms with van der Waals surface area (Å²) < 4.78 is 27.8. The van der Waals surface area contributed by atoms with Gasteiger partial charge in [-0.1, -0.05) is 15.9 Å². The summed E-state index contributed by atoms with van der Waals surface area (Å²) in [5.74, 6) is 0. The van der Waals surface area contributed by atoms with E-state index in [-0.39, 0.29) is 17.0 Å². The highest BCUT2D eigenvalue weighted by molar-refractivity contribution is 9.10. The van der Waals surface area contributed by atoms with Crippen LogP contribution in [0.25, 0.3) is 0 Å². The van der Waals surface area contributed by atoms with Crippen LogP contribution in [-0.4, -0.2) is 32.0 Å². The number of nitro groups is 1. The van der Waals surface area contributed by atoms with Crippen molar-refractivity contribution in [2.75, 3.05) is 6.54 Å². The van der Waals surface area contributed by atoms with E-state index in [0.29, 0.717) is 17.3 Å². The largest absolute Gasteiger partial charge is 0.314 e. The van der Waals surface area contributed by atoms with Crippen LogP contribution in [0, 0.1) is 10.1 Å².